The van der Waals surface area contributed by atoms with Gasteiger partial charge in [0.25, 0.3) is 11.5 Å². The number of carbonyl (C=O) groups is 5. The number of anilines is 1. The number of hydrogen-bond acceptors (Lipinski definition) is 6. The van der Waals surface area contributed by atoms with Gasteiger partial charge >= 0.3 is 5.97 Å². The molecule has 0 saturated heterocycles. The van der Waals surface area contributed by atoms with E-state index in [2.05, 4.69) is 5.32 Å². The van der Waals surface area contributed by atoms with E-state index in [9.17, 15) is 33.9 Å². The number of carboxylic acid groups (broad SMARTS) is 1. The van der Waals surface area contributed by atoms with Crippen LogP contribution in [0.3, 0.4) is 0 Å². The lowest BCUT2D eigenvalue weighted by molar-refractivity contribution is -0.138. The third-order valence-corrected chi connectivity index (χ3v) is 5.97. The Labute approximate surface area is 224 Å². The van der Waals surface area contributed by atoms with Crippen LogP contribution in [0.1, 0.15) is 43.0 Å². The second kappa shape index (κ2) is 13.6. The molecule has 2 aromatic carbocycles. The van der Waals surface area contributed by atoms with Crippen molar-refractivity contribution in [2.24, 2.45) is 0 Å². The molecule has 1 atom stereocenters. The Morgan fingerprint density at radius 1 is 0.949 bits per heavy atom. The fourth-order valence-electron chi connectivity index (χ4n) is 4.13. The van der Waals surface area contributed by atoms with Crippen LogP contribution in [0.5, 0.6) is 0 Å². The van der Waals surface area contributed by atoms with Crippen LogP contribution in [-0.2, 0) is 36.8 Å². The van der Waals surface area contributed by atoms with E-state index in [1.165, 1.54) is 12.1 Å². The van der Waals surface area contributed by atoms with E-state index in [-0.39, 0.29) is 30.5 Å². The summed E-state index contributed by atoms with van der Waals surface area (Å²) in [6, 6.07) is 19.8. The summed E-state index contributed by atoms with van der Waals surface area (Å²) in [5, 5.41) is 12.3. The summed E-state index contributed by atoms with van der Waals surface area (Å²) in [7, 11) is 0. The molecule has 0 aliphatic rings. The molecule has 0 bridgehead atoms. The van der Waals surface area contributed by atoms with E-state index in [1.54, 1.807) is 24.3 Å². The number of amides is 2. The zero-order valence-electron chi connectivity index (χ0n) is 21.4. The van der Waals surface area contributed by atoms with Gasteiger partial charge in [0.15, 0.2) is 0 Å². The average Bonchev–Trinajstić information content (AvgIpc) is 2.92. The van der Waals surface area contributed by atoms with Gasteiger partial charge in [0.2, 0.25) is 11.7 Å². The zero-order chi connectivity index (χ0) is 28.4. The quantitative estimate of drug-likeness (QED) is 0.255. The van der Waals surface area contributed by atoms with Crippen molar-refractivity contribution in [3.63, 3.8) is 0 Å². The molecule has 3 rings (SSSR count). The molecule has 0 radical (unpaired) electrons. The van der Waals surface area contributed by atoms with E-state index in [4.69, 9.17) is 0 Å². The zero-order valence-corrected chi connectivity index (χ0v) is 21.4. The molecule has 202 valence electrons. The van der Waals surface area contributed by atoms with Crippen LogP contribution >= 0.6 is 0 Å². The Morgan fingerprint density at radius 2 is 1.56 bits per heavy atom. The molecule has 0 aliphatic carbocycles. The van der Waals surface area contributed by atoms with Gasteiger partial charge < -0.3 is 15.2 Å². The summed E-state index contributed by atoms with van der Waals surface area (Å²) >= 11 is 0. The maximum absolute atomic E-state index is 13.6. The first-order valence-electron chi connectivity index (χ1n) is 12.4. The normalized spacial score (nSPS) is 11.3. The first-order chi connectivity index (χ1) is 18.7. The lowest BCUT2D eigenvalue weighted by Crippen LogP contribution is -2.54. The number of carbonyl (C=O) groups excluding carboxylic acids is 4. The summed E-state index contributed by atoms with van der Waals surface area (Å²) in [5.41, 5.74) is 0.894. The van der Waals surface area contributed by atoms with E-state index < -0.39 is 41.6 Å². The maximum atomic E-state index is 13.6. The monoisotopic (exact) mass is 531 g/mol. The number of ketones is 1. The minimum Gasteiger partial charge on any atom is -0.481 e. The number of aliphatic carboxylic acids is 1. The summed E-state index contributed by atoms with van der Waals surface area (Å²) in [4.78, 5) is 74.5. The molecule has 1 heterocycles. The summed E-state index contributed by atoms with van der Waals surface area (Å²) in [6.45, 7) is 1.10. The highest BCUT2D eigenvalue weighted by Gasteiger charge is 2.29. The highest BCUT2D eigenvalue weighted by atomic mass is 16.4. The van der Waals surface area contributed by atoms with Crippen LogP contribution in [0.2, 0.25) is 0 Å². The number of aryl methyl sites for hydroxylation is 1. The number of nitrogens with zero attached hydrogens (tertiary/aromatic N) is 2. The second-order valence-corrected chi connectivity index (χ2v) is 8.90. The lowest BCUT2D eigenvalue weighted by Gasteiger charge is -2.30. The number of nitrogens with one attached hydrogen (secondary N) is 1. The minimum atomic E-state index is -1.49. The Hall–Kier alpha value is -4.86. The van der Waals surface area contributed by atoms with Gasteiger partial charge in [-0.25, -0.2) is 9.69 Å². The number of carboxylic acids is 1. The topological polar surface area (TPSA) is 143 Å². The second-order valence-electron chi connectivity index (χ2n) is 8.90. The number of rotatable bonds is 13. The van der Waals surface area contributed by atoms with Crippen LogP contribution in [0.15, 0.2) is 77.6 Å². The van der Waals surface area contributed by atoms with Gasteiger partial charge in [-0.3, -0.25) is 24.0 Å². The van der Waals surface area contributed by atoms with Crippen LogP contribution in [-0.4, -0.2) is 45.7 Å². The molecule has 0 saturated carbocycles. The maximum Gasteiger partial charge on any atom is 0.305 e. The average molecular weight is 532 g/mol. The van der Waals surface area contributed by atoms with E-state index >= 15 is 0 Å². The summed E-state index contributed by atoms with van der Waals surface area (Å²) < 4.78 is 0.896. The fourth-order valence-corrected chi connectivity index (χ4v) is 4.13. The number of aldehydes is 1. The van der Waals surface area contributed by atoms with Crippen LogP contribution in [0.4, 0.5) is 5.69 Å². The Balaban J connectivity index is 1.91. The fraction of sp³-hybridized carbons (Fsp3) is 0.241. The molecular formula is C29H29N3O7. The predicted octanol–water partition coefficient (Wildman–Crippen LogP) is 2.50. The number of pyridine rings is 1. The summed E-state index contributed by atoms with van der Waals surface area (Å²) in [5.74, 6) is -3.81. The number of benzene rings is 2. The van der Waals surface area contributed by atoms with Crippen molar-refractivity contribution in [1.29, 1.82) is 0 Å². The highest BCUT2D eigenvalue weighted by Crippen LogP contribution is 2.14. The third-order valence-electron chi connectivity index (χ3n) is 5.97. The third kappa shape index (κ3) is 7.81. The molecule has 2 amide bonds. The van der Waals surface area contributed by atoms with Crippen molar-refractivity contribution >= 4 is 35.5 Å². The first kappa shape index (κ1) is 28.7. The van der Waals surface area contributed by atoms with Crippen molar-refractivity contribution in [1.82, 2.24) is 4.68 Å². The van der Waals surface area contributed by atoms with Crippen molar-refractivity contribution in [2.75, 3.05) is 10.3 Å². The molecule has 1 aromatic heterocycles. The van der Waals surface area contributed by atoms with E-state index in [0.29, 0.717) is 12.8 Å². The molecule has 39 heavy (non-hydrogen) atoms. The molecular weight excluding hydrogens is 502 g/mol. The van der Waals surface area contributed by atoms with Gasteiger partial charge in [-0.2, -0.15) is 0 Å². The van der Waals surface area contributed by atoms with E-state index in [1.807, 2.05) is 36.4 Å². The van der Waals surface area contributed by atoms with E-state index in [0.717, 1.165) is 27.7 Å². The first-order valence-corrected chi connectivity index (χ1v) is 12.4. The van der Waals surface area contributed by atoms with Crippen LogP contribution < -0.4 is 15.9 Å². The van der Waals surface area contributed by atoms with Gasteiger partial charge in [0.05, 0.1) is 6.42 Å². The number of hydrogen-bond donors (Lipinski definition) is 2. The minimum absolute atomic E-state index is 0.0353. The molecule has 0 aliphatic heterocycles. The molecule has 0 fully saturated rings. The van der Waals surface area contributed by atoms with Crippen molar-refractivity contribution in [3.8, 4) is 0 Å². The van der Waals surface area contributed by atoms with Crippen molar-refractivity contribution in [2.45, 2.75) is 45.1 Å². The van der Waals surface area contributed by atoms with Gasteiger partial charge in [-0.1, -0.05) is 60.7 Å². The highest BCUT2D eigenvalue weighted by molar-refractivity contribution is 6.40. The van der Waals surface area contributed by atoms with Gasteiger partial charge in [0, 0.05) is 25.5 Å². The van der Waals surface area contributed by atoms with Crippen molar-refractivity contribution < 1.29 is 29.1 Å². The van der Waals surface area contributed by atoms with Crippen molar-refractivity contribution in [3.05, 3.63) is 100.0 Å². The Bertz CT molecular complexity index is 1400. The molecule has 2 N–H and O–H groups in total. The Kier molecular flexibility index (Phi) is 10.0. The molecule has 0 spiro atoms. The lowest BCUT2D eigenvalue weighted by atomic mass is 10.1. The standard InChI is InChI=1S/C29H29N3O7/c1-20(34)31(24(19-33)18-27(36)37)32-23(17-22-11-6-3-7-12-22)15-16-25(29(32)39)30-28(38)26(35)14-8-13-21-9-4-2-5-10-21/h2-7,9-12,15-16,19,24H,8,13-14,17-18H2,1H3,(H,30,38)(H,36,37). The predicted molar refractivity (Wildman–Crippen MR) is 144 cm³/mol. The smallest absolute Gasteiger partial charge is 0.305 e. The van der Waals surface area contributed by atoms with Gasteiger partial charge in [-0.05, 0) is 36.1 Å². The van der Waals surface area contributed by atoms with Gasteiger partial charge in [-0.15, -0.1) is 0 Å². The van der Waals surface area contributed by atoms with Crippen LogP contribution in [0, 0.1) is 0 Å². The molecule has 10 nitrogen and oxygen atoms in total. The molecule has 10 heteroatoms. The van der Waals surface area contributed by atoms with Gasteiger partial charge in [0.1, 0.15) is 18.0 Å². The summed E-state index contributed by atoms with van der Waals surface area (Å²) in [6.07, 6.45) is 0.694. The molecule has 1 unspecified atom stereocenters. The largest absolute Gasteiger partial charge is 0.481 e. The molecule has 3 aromatic rings. The Morgan fingerprint density at radius 3 is 2.13 bits per heavy atom. The number of Topliss-reactive ketones (excluding diaryl/α,β-unsaturated/α-hetero) is 1. The van der Waals surface area contributed by atoms with Crippen LogP contribution in [0.25, 0.3) is 0 Å². The SMILES string of the molecule is CC(=O)N(C(C=O)CC(=O)O)n1c(Cc2ccccc2)ccc(NC(=O)C(=O)CCCc2ccccc2)c1=O. The number of aromatic nitrogens is 1.